The number of hydrogen-bond acceptors (Lipinski definition) is 4. The van der Waals surface area contributed by atoms with Gasteiger partial charge in [-0.15, -0.1) is 0 Å². The molecule has 1 aliphatic heterocycles. The van der Waals surface area contributed by atoms with Gasteiger partial charge in [-0.05, 0) is 43.7 Å². The Morgan fingerprint density at radius 2 is 1.63 bits per heavy atom. The van der Waals surface area contributed by atoms with Crippen LogP contribution in [0.2, 0.25) is 0 Å². The molecule has 0 bridgehead atoms. The van der Waals surface area contributed by atoms with Crippen molar-refractivity contribution in [2.75, 3.05) is 19.1 Å². The maximum atomic E-state index is 13.0. The van der Waals surface area contributed by atoms with Gasteiger partial charge in [0.2, 0.25) is 0 Å². The zero-order valence-electron chi connectivity index (χ0n) is 15.7. The van der Waals surface area contributed by atoms with Gasteiger partial charge in [0.25, 0.3) is 5.91 Å². The lowest BCUT2D eigenvalue weighted by Crippen LogP contribution is -2.33. The van der Waals surface area contributed by atoms with Gasteiger partial charge in [0, 0.05) is 10.2 Å². The number of benzene rings is 2. The lowest BCUT2D eigenvalue weighted by molar-refractivity contribution is -0.127. The molecule has 0 N–H and O–H groups in total. The Morgan fingerprint density at radius 3 is 2.22 bits per heavy atom. The van der Waals surface area contributed by atoms with E-state index in [1.54, 1.807) is 33.3 Å². The van der Waals surface area contributed by atoms with Gasteiger partial charge < -0.3 is 9.47 Å². The molecule has 1 atom stereocenters. The number of halogens is 1. The molecule has 1 saturated heterocycles. The van der Waals surface area contributed by atoms with Crippen molar-refractivity contribution in [1.29, 1.82) is 0 Å². The monoisotopic (exact) mass is 432 g/mol. The van der Waals surface area contributed by atoms with Crippen LogP contribution in [0.1, 0.15) is 18.1 Å². The molecule has 3 rings (SSSR count). The molecule has 142 valence electrons. The molecule has 0 radical (unpaired) electrons. The van der Waals surface area contributed by atoms with Crippen LogP contribution in [0.4, 0.5) is 10.5 Å². The second-order valence-electron chi connectivity index (χ2n) is 6.39. The van der Waals surface area contributed by atoms with E-state index >= 15 is 0 Å². The first-order chi connectivity index (χ1) is 12.9. The van der Waals surface area contributed by atoms with E-state index in [1.165, 1.54) is 9.80 Å². The number of imide groups is 1. The van der Waals surface area contributed by atoms with Crippen LogP contribution in [0.3, 0.4) is 0 Å². The molecule has 0 aromatic heterocycles. The number of nitrogens with zero attached hydrogens (tertiary/aromatic N) is 2. The van der Waals surface area contributed by atoms with E-state index in [-0.39, 0.29) is 18.5 Å². The van der Waals surface area contributed by atoms with Gasteiger partial charge in [0.15, 0.2) is 11.5 Å². The van der Waals surface area contributed by atoms with Gasteiger partial charge in [-0.1, -0.05) is 33.6 Å². The largest absolute Gasteiger partial charge is 0.493 e. The second kappa shape index (κ2) is 7.60. The standard InChI is InChI=1S/C20H21BrN2O4/c1-12-5-7-15(8-6-12)23-13(2)19(24)22(20(23)25)11-14-9-17(26-3)18(27-4)10-16(14)21/h5-10,13H,11H2,1-4H3. The summed E-state index contributed by atoms with van der Waals surface area (Å²) in [5.74, 6) is 0.877. The number of hydrogen-bond donors (Lipinski definition) is 0. The summed E-state index contributed by atoms with van der Waals surface area (Å²) in [7, 11) is 3.10. The number of methoxy groups -OCH3 is 2. The highest BCUT2D eigenvalue weighted by atomic mass is 79.9. The van der Waals surface area contributed by atoms with Gasteiger partial charge in [-0.3, -0.25) is 14.6 Å². The van der Waals surface area contributed by atoms with Crippen LogP contribution in [0.15, 0.2) is 40.9 Å². The highest BCUT2D eigenvalue weighted by Gasteiger charge is 2.43. The van der Waals surface area contributed by atoms with E-state index in [4.69, 9.17) is 9.47 Å². The molecule has 1 heterocycles. The van der Waals surface area contributed by atoms with Gasteiger partial charge in [-0.25, -0.2) is 4.79 Å². The third-order valence-electron chi connectivity index (χ3n) is 4.64. The quantitative estimate of drug-likeness (QED) is 0.666. The maximum Gasteiger partial charge on any atom is 0.332 e. The molecular weight excluding hydrogens is 412 g/mol. The molecule has 1 aliphatic rings. The van der Waals surface area contributed by atoms with E-state index in [0.29, 0.717) is 17.2 Å². The van der Waals surface area contributed by atoms with Crippen molar-refractivity contribution in [3.63, 3.8) is 0 Å². The first-order valence-electron chi connectivity index (χ1n) is 8.49. The summed E-state index contributed by atoms with van der Waals surface area (Å²) in [6.45, 7) is 3.86. The summed E-state index contributed by atoms with van der Waals surface area (Å²) >= 11 is 3.48. The number of anilines is 1. The molecule has 6 nitrogen and oxygen atoms in total. The van der Waals surface area contributed by atoms with Crippen LogP contribution in [0.25, 0.3) is 0 Å². The number of amides is 3. The topological polar surface area (TPSA) is 59.1 Å². The highest BCUT2D eigenvalue weighted by molar-refractivity contribution is 9.10. The second-order valence-corrected chi connectivity index (χ2v) is 7.24. The Hall–Kier alpha value is -2.54. The van der Waals surface area contributed by atoms with Crippen molar-refractivity contribution in [2.24, 2.45) is 0 Å². The lowest BCUT2D eigenvalue weighted by Gasteiger charge is -2.20. The summed E-state index contributed by atoms with van der Waals surface area (Å²) < 4.78 is 11.3. The minimum Gasteiger partial charge on any atom is -0.493 e. The van der Waals surface area contributed by atoms with Crippen molar-refractivity contribution in [2.45, 2.75) is 26.4 Å². The molecule has 0 saturated carbocycles. The van der Waals surface area contributed by atoms with Gasteiger partial charge in [-0.2, -0.15) is 0 Å². The molecule has 1 fully saturated rings. The number of ether oxygens (including phenoxy) is 2. The Morgan fingerprint density at radius 1 is 1.04 bits per heavy atom. The SMILES string of the molecule is COc1cc(Br)c(CN2C(=O)C(C)N(c3ccc(C)cc3)C2=O)cc1OC. The van der Waals surface area contributed by atoms with Crippen LogP contribution in [-0.4, -0.2) is 37.1 Å². The van der Waals surface area contributed by atoms with Crippen LogP contribution in [0, 0.1) is 6.92 Å². The molecule has 0 spiro atoms. The van der Waals surface area contributed by atoms with E-state index < -0.39 is 6.04 Å². The highest BCUT2D eigenvalue weighted by Crippen LogP contribution is 2.35. The van der Waals surface area contributed by atoms with Crippen molar-refractivity contribution < 1.29 is 19.1 Å². The Bertz CT molecular complexity index is 882. The molecule has 2 aromatic carbocycles. The summed E-state index contributed by atoms with van der Waals surface area (Å²) in [6, 6.07) is 10.2. The van der Waals surface area contributed by atoms with E-state index in [0.717, 1.165) is 15.6 Å². The summed E-state index contributed by atoms with van der Waals surface area (Å²) in [5.41, 5.74) is 2.56. The fraction of sp³-hybridized carbons (Fsp3) is 0.300. The van der Waals surface area contributed by atoms with Crippen molar-refractivity contribution in [3.8, 4) is 11.5 Å². The van der Waals surface area contributed by atoms with Crippen molar-refractivity contribution in [1.82, 2.24) is 4.90 Å². The first kappa shape index (κ1) is 19.2. The average Bonchev–Trinajstić information content (AvgIpc) is 2.87. The normalized spacial score (nSPS) is 16.9. The van der Waals surface area contributed by atoms with E-state index in [1.807, 2.05) is 31.2 Å². The van der Waals surface area contributed by atoms with Crippen LogP contribution >= 0.6 is 15.9 Å². The van der Waals surface area contributed by atoms with Crippen molar-refractivity contribution >= 4 is 33.6 Å². The molecule has 2 aromatic rings. The Kier molecular flexibility index (Phi) is 5.41. The molecule has 3 amide bonds. The molecular formula is C20H21BrN2O4. The van der Waals surface area contributed by atoms with Gasteiger partial charge >= 0.3 is 6.03 Å². The molecule has 1 unspecified atom stereocenters. The number of aryl methyl sites for hydroxylation is 1. The lowest BCUT2D eigenvalue weighted by atomic mass is 10.2. The third-order valence-corrected chi connectivity index (χ3v) is 5.38. The van der Waals surface area contributed by atoms with Gasteiger partial charge in [0.1, 0.15) is 6.04 Å². The zero-order valence-corrected chi connectivity index (χ0v) is 17.2. The zero-order chi connectivity index (χ0) is 19.7. The first-order valence-corrected chi connectivity index (χ1v) is 9.28. The predicted octanol–water partition coefficient (Wildman–Crippen LogP) is 4.13. The number of carbonyl (C=O) groups excluding carboxylic acids is 2. The number of urea groups is 1. The maximum absolute atomic E-state index is 13.0. The Balaban J connectivity index is 1.91. The van der Waals surface area contributed by atoms with E-state index in [9.17, 15) is 9.59 Å². The van der Waals surface area contributed by atoms with Crippen LogP contribution in [0.5, 0.6) is 11.5 Å². The minimum absolute atomic E-state index is 0.144. The van der Waals surface area contributed by atoms with Crippen LogP contribution < -0.4 is 14.4 Å². The van der Waals surface area contributed by atoms with E-state index in [2.05, 4.69) is 15.9 Å². The molecule has 27 heavy (non-hydrogen) atoms. The number of carbonyl (C=O) groups is 2. The van der Waals surface area contributed by atoms with Crippen molar-refractivity contribution in [3.05, 3.63) is 52.0 Å². The third kappa shape index (κ3) is 3.51. The molecule has 0 aliphatic carbocycles. The fourth-order valence-electron chi connectivity index (χ4n) is 3.10. The summed E-state index contributed by atoms with van der Waals surface area (Å²) in [6.07, 6.45) is 0. The minimum atomic E-state index is -0.556. The summed E-state index contributed by atoms with van der Waals surface area (Å²) in [4.78, 5) is 28.5. The fourth-order valence-corrected chi connectivity index (χ4v) is 3.55. The van der Waals surface area contributed by atoms with Gasteiger partial charge in [0.05, 0.1) is 20.8 Å². The van der Waals surface area contributed by atoms with Crippen LogP contribution in [-0.2, 0) is 11.3 Å². The summed E-state index contributed by atoms with van der Waals surface area (Å²) in [5, 5.41) is 0. The molecule has 7 heteroatoms. The Labute approximate surface area is 166 Å². The number of rotatable bonds is 5. The predicted molar refractivity (Wildman–Crippen MR) is 106 cm³/mol. The average molecular weight is 433 g/mol. The smallest absolute Gasteiger partial charge is 0.332 e.